The van der Waals surface area contributed by atoms with E-state index in [9.17, 15) is 18.0 Å². The number of pyridine rings is 1. The van der Waals surface area contributed by atoms with Crippen molar-refractivity contribution >= 4 is 35.3 Å². The molecule has 4 rings (SSSR count). The fourth-order valence-corrected chi connectivity index (χ4v) is 4.28. The number of anilines is 3. The minimum absolute atomic E-state index is 0.0136. The summed E-state index contributed by atoms with van der Waals surface area (Å²) in [5.41, 5.74) is 13.7. The summed E-state index contributed by atoms with van der Waals surface area (Å²) < 4.78 is 38.9. The smallest absolute Gasteiger partial charge is 0.402 e. The predicted molar refractivity (Wildman–Crippen MR) is 149 cm³/mol. The normalized spacial score (nSPS) is 15.7. The Morgan fingerprint density at radius 1 is 1.15 bits per heavy atom. The molecule has 1 aromatic carbocycles. The Balaban J connectivity index is 1.54. The van der Waals surface area contributed by atoms with Crippen molar-refractivity contribution in [2.24, 2.45) is 10.7 Å². The molecule has 0 bridgehead atoms. The summed E-state index contributed by atoms with van der Waals surface area (Å²) in [5, 5.41) is 23.5. The van der Waals surface area contributed by atoms with Gasteiger partial charge in [-0.15, -0.1) is 0 Å². The fraction of sp³-hybridized carbons (Fsp3) is 0.259. The largest absolute Gasteiger partial charge is 0.416 e. The molecule has 0 aliphatic heterocycles. The van der Waals surface area contributed by atoms with Gasteiger partial charge in [0.05, 0.1) is 36.0 Å². The van der Waals surface area contributed by atoms with Crippen LogP contribution < -0.4 is 22.1 Å². The molecule has 2 aromatic heterocycles. The monoisotopic (exact) mass is 567 g/mol. The van der Waals surface area contributed by atoms with Crippen molar-refractivity contribution in [3.05, 3.63) is 82.4 Å². The minimum atomic E-state index is -4.57. The van der Waals surface area contributed by atoms with Crippen LogP contribution >= 0.6 is 0 Å². The third-order valence-electron chi connectivity index (χ3n) is 6.35. The van der Waals surface area contributed by atoms with E-state index >= 15 is 0 Å². The van der Waals surface area contributed by atoms with Gasteiger partial charge in [-0.05, 0) is 43.5 Å². The third-order valence-corrected chi connectivity index (χ3v) is 6.35. The van der Waals surface area contributed by atoms with Gasteiger partial charge >= 0.3 is 6.18 Å². The van der Waals surface area contributed by atoms with E-state index < -0.39 is 17.6 Å². The molecular formula is C27H28F3N9O2. The van der Waals surface area contributed by atoms with Gasteiger partial charge in [-0.2, -0.15) is 13.2 Å². The molecule has 0 saturated heterocycles. The maximum atomic E-state index is 13.0. The van der Waals surface area contributed by atoms with Crippen molar-refractivity contribution in [3.8, 4) is 0 Å². The van der Waals surface area contributed by atoms with E-state index in [0.717, 1.165) is 36.7 Å². The number of aliphatic hydroxyl groups is 1. The van der Waals surface area contributed by atoms with Crippen LogP contribution in [0.5, 0.6) is 0 Å². The summed E-state index contributed by atoms with van der Waals surface area (Å²) in [5.74, 6) is -0.539. The minimum Gasteiger partial charge on any atom is -0.402 e. The molecule has 0 radical (unpaired) electrons. The summed E-state index contributed by atoms with van der Waals surface area (Å²) in [4.78, 5) is 29.0. The number of nitrogens with two attached hydrogens (primary N) is 2. The van der Waals surface area contributed by atoms with Gasteiger partial charge in [-0.1, -0.05) is 12.1 Å². The van der Waals surface area contributed by atoms with Crippen LogP contribution in [0.15, 0.2) is 65.2 Å². The lowest BCUT2D eigenvalue weighted by Crippen LogP contribution is -2.31. The maximum Gasteiger partial charge on any atom is 0.416 e. The van der Waals surface area contributed by atoms with Crippen molar-refractivity contribution in [1.29, 1.82) is 5.41 Å². The highest BCUT2D eigenvalue weighted by atomic mass is 19.4. The zero-order valence-corrected chi connectivity index (χ0v) is 21.7. The molecule has 1 aliphatic carbocycles. The molecule has 0 saturated carbocycles. The number of aliphatic imine (C=N–C) groups is 1. The number of benzene rings is 1. The second-order valence-corrected chi connectivity index (χ2v) is 9.15. The number of allylic oxidation sites excluding steroid dienone is 1. The molecule has 8 N–H and O–H groups in total. The molecule has 3 aromatic rings. The van der Waals surface area contributed by atoms with Crippen molar-refractivity contribution in [2.45, 2.75) is 31.5 Å². The number of nitrogen functional groups attached to an aromatic ring is 1. The van der Waals surface area contributed by atoms with Gasteiger partial charge in [0.25, 0.3) is 5.91 Å². The number of hydrogen-bond acceptors (Lipinski definition) is 10. The molecule has 11 nitrogen and oxygen atoms in total. The Morgan fingerprint density at radius 2 is 1.88 bits per heavy atom. The first-order valence-electron chi connectivity index (χ1n) is 12.6. The molecule has 0 unspecified atom stereocenters. The number of carbonyl (C=O) groups excluding carboxylic acids is 1. The highest BCUT2D eigenvalue weighted by Crippen LogP contribution is 2.30. The third kappa shape index (κ3) is 7.03. The van der Waals surface area contributed by atoms with Crippen LogP contribution in [0.4, 0.5) is 30.6 Å². The number of amides is 1. The molecule has 14 heteroatoms. The van der Waals surface area contributed by atoms with Gasteiger partial charge in [0.15, 0.2) is 0 Å². The Bertz CT molecular complexity index is 1490. The molecule has 2 heterocycles. The van der Waals surface area contributed by atoms with Gasteiger partial charge in [0.1, 0.15) is 23.8 Å². The molecule has 0 spiro atoms. The van der Waals surface area contributed by atoms with Gasteiger partial charge in [0, 0.05) is 34.8 Å². The van der Waals surface area contributed by atoms with Gasteiger partial charge < -0.3 is 27.2 Å². The lowest BCUT2D eigenvalue weighted by atomic mass is 9.91. The number of nitrogens with zero attached hydrogens (tertiary/aromatic N) is 4. The highest BCUT2D eigenvalue weighted by Gasteiger charge is 2.31. The first-order valence-corrected chi connectivity index (χ1v) is 12.6. The van der Waals surface area contributed by atoms with Crippen LogP contribution in [0.2, 0.25) is 0 Å². The number of halogens is 3. The van der Waals surface area contributed by atoms with Crippen molar-refractivity contribution in [3.63, 3.8) is 0 Å². The van der Waals surface area contributed by atoms with Gasteiger partial charge in [-0.25, -0.2) is 15.0 Å². The average molecular weight is 568 g/mol. The second-order valence-electron chi connectivity index (χ2n) is 9.15. The number of aliphatic hydroxyl groups excluding tert-OH is 1. The van der Waals surface area contributed by atoms with Crippen molar-refractivity contribution in [1.82, 2.24) is 15.0 Å². The van der Waals surface area contributed by atoms with Crippen LogP contribution in [0.25, 0.3) is 0 Å². The Hall–Kier alpha value is -4.85. The number of rotatable bonds is 9. The summed E-state index contributed by atoms with van der Waals surface area (Å²) >= 11 is 0. The van der Waals surface area contributed by atoms with Crippen LogP contribution in [0.1, 0.15) is 46.3 Å². The number of nitrogens with one attached hydrogen (secondary N) is 3. The van der Waals surface area contributed by atoms with Crippen LogP contribution in [0.3, 0.4) is 0 Å². The Morgan fingerprint density at radius 3 is 2.59 bits per heavy atom. The molecule has 1 amide bonds. The fourth-order valence-electron chi connectivity index (χ4n) is 4.28. The molecule has 41 heavy (non-hydrogen) atoms. The predicted octanol–water partition coefficient (Wildman–Crippen LogP) is 3.38. The van der Waals surface area contributed by atoms with Crippen LogP contribution in [-0.4, -0.2) is 57.1 Å². The molecule has 1 atom stereocenters. The van der Waals surface area contributed by atoms with Crippen LogP contribution in [0, 0.1) is 5.41 Å². The zero-order valence-electron chi connectivity index (χ0n) is 21.7. The first-order chi connectivity index (χ1) is 19.6. The van der Waals surface area contributed by atoms with Crippen molar-refractivity contribution < 1.29 is 23.1 Å². The summed E-state index contributed by atoms with van der Waals surface area (Å²) in [7, 11) is 0. The maximum absolute atomic E-state index is 13.0. The lowest BCUT2D eigenvalue weighted by molar-refractivity contribution is -0.137. The van der Waals surface area contributed by atoms with E-state index in [1.54, 1.807) is 6.21 Å². The van der Waals surface area contributed by atoms with Crippen LogP contribution in [-0.2, 0) is 6.18 Å². The van der Waals surface area contributed by atoms with Gasteiger partial charge in [-0.3, -0.25) is 15.2 Å². The summed E-state index contributed by atoms with van der Waals surface area (Å²) in [6.07, 6.45) is 1.56. The standard InChI is InChI=1S/C27H28F3N9O2/c28-27(29,30)17-8-9-35-21(12-17)39-26(41)16-6-4-15(5-7-16)23(32)22-24(33)36-14-37-25(22)38-20-3-1-2-19(31)18(20)13-34-10-11-40/h4-9,12-14,20,32,40H,1-3,10-11,31H2,(H,35,39,41)(H3,33,36,37,38)/t20-/m0/s1. The molecule has 0 fully saturated rings. The van der Waals surface area contributed by atoms with E-state index in [4.69, 9.17) is 22.0 Å². The topological polar surface area (TPSA) is 188 Å². The average Bonchev–Trinajstić information content (AvgIpc) is 2.94. The van der Waals surface area contributed by atoms with E-state index in [1.165, 1.54) is 30.6 Å². The van der Waals surface area contributed by atoms with E-state index in [0.29, 0.717) is 23.5 Å². The van der Waals surface area contributed by atoms with Gasteiger partial charge in [0.2, 0.25) is 0 Å². The Kier molecular flexibility index (Phi) is 8.92. The summed E-state index contributed by atoms with van der Waals surface area (Å²) in [6, 6.07) is 7.18. The summed E-state index contributed by atoms with van der Waals surface area (Å²) in [6.45, 7) is 0.151. The molecular weight excluding hydrogens is 539 g/mol. The van der Waals surface area contributed by atoms with E-state index in [1.807, 2.05) is 0 Å². The number of carbonyl (C=O) groups is 1. The number of aromatic nitrogens is 3. The molecule has 214 valence electrons. The van der Waals surface area contributed by atoms with E-state index in [2.05, 4.69) is 30.6 Å². The molecule has 1 aliphatic rings. The lowest BCUT2D eigenvalue weighted by Gasteiger charge is -2.27. The van der Waals surface area contributed by atoms with E-state index in [-0.39, 0.29) is 47.7 Å². The first kappa shape index (κ1) is 29.1. The second kappa shape index (κ2) is 12.6. The zero-order chi connectivity index (χ0) is 29.6. The number of alkyl halides is 3. The quantitative estimate of drug-likeness (QED) is 0.212. The van der Waals surface area contributed by atoms with Crippen molar-refractivity contribution in [2.75, 3.05) is 29.5 Å². The highest BCUT2D eigenvalue weighted by molar-refractivity contribution is 6.16. The Labute approximate surface area is 233 Å². The SMILES string of the molecule is N=C(c1ccc(C(=O)Nc2cc(C(F)(F)F)ccn2)cc1)c1c(N)ncnc1N[C@H]1CCCC(N)=C1C=NCCO. The number of hydrogen-bond donors (Lipinski definition) is 6.